The van der Waals surface area contributed by atoms with Gasteiger partial charge in [-0.1, -0.05) is 35.4 Å². The third kappa shape index (κ3) is 5.95. The third-order valence-corrected chi connectivity index (χ3v) is 5.67. The van der Waals surface area contributed by atoms with Crippen LogP contribution in [0.1, 0.15) is 30.5 Å². The first-order chi connectivity index (χ1) is 12.7. The number of nitrogens with one attached hydrogen (secondary N) is 2. The van der Waals surface area contributed by atoms with Gasteiger partial charge in [0.2, 0.25) is 15.9 Å². The van der Waals surface area contributed by atoms with Crippen LogP contribution in [0, 0.1) is 6.92 Å². The maximum Gasteiger partial charge on any atom is 0.240 e. The monoisotopic (exact) mass is 410 g/mol. The first-order valence-corrected chi connectivity index (χ1v) is 10.3. The van der Waals surface area contributed by atoms with Crippen LogP contribution >= 0.6 is 11.6 Å². The van der Waals surface area contributed by atoms with Gasteiger partial charge in [-0.25, -0.2) is 13.1 Å². The predicted octanol–water partition coefficient (Wildman–Crippen LogP) is 3.20. The van der Waals surface area contributed by atoms with E-state index in [9.17, 15) is 13.2 Å². The Balaban J connectivity index is 1.92. The van der Waals surface area contributed by atoms with E-state index >= 15 is 0 Å². The van der Waals surface area contributed by atoms with Crippen LogP contribution in [0.4, 0.5) is 0 Å². The molecule has 2 aromatic rings. The van der Waals surface area contributed by atoms with Gasteiger partial charge in [0.15, 0.2) is 0 Å². The van der Waals surface area contributed by atoms with Crippen LogP contribution in [0.3, 0.4) is 0 Å². The molecule has 0 aliphatic rings. The van der Waals surface area contributed by atoms with E-state index in [-0.39, 0.29) is 29.8 Å². The van der Waals surface area contributed by atoms with E-state index in [1.807, 2.05) is 32.0 Å². The molecule has 0 bridgehead atoms. The largest absolute Gasteiger partial charge is 0.496 e. The number of carbonyl (C=O) groups is 1. The quantitative estimate of drug-likeness (QED) is 0.699. The number of methoxy groups -OCH3 is 1. The first kappa shape index (κ1) is 21.2. The van der Waals surface area contributed by atoms with Gasteiger partial charge in [-0.15, -0.1) is 0 Å². The molecule has 2 N–H and O–H groups in total. The molecule has 27 heavy (non-hydrogen) atoms. The minimum Gasteiger partial charge on any atom is -0.496 e. The summed E-state index contributed by atoms with van der Waals surface area (Å²) in [5, 5.41) is 3.19. The Kier molecular flexibility index (Phi) is 7.24. The van der Waals surface area contributed by atoms with Gasteiger partial charge in [0.25, 0.3) is 0 Å². The average Bonchev–Trinajstić information content (AvgIpc) is 2.61. The second-order valence-corrected chi connectivity index (χ2v) is 8.34. The van der Waals surface area contributed by atoms with E-state index in [0.29, 0.717) is 10.8 Å². The fourth-order valence-corrected chi connectivity index (χ4v) is 3.93. The number of hydrogen-bond donors (Lipinski definition) is 2. The second kappa shape index (κ2) is 9.21. The second-order valence-electron chi connectivity index (χ2n) is 6.14. The summed E-state index contributed by atoms with van der Waals surface area (Å²) in [7, 11) is -2.13. The molecule has 1 atom stereocenters. The fourth-order valence-electron chi connectivity index (χ4n) is 2.60. The highest BCUT2D eigenvalue weighted by atomic mass is 35.5. The summed E-state index contributed by atoms with van der Waals surface area (Å²) < 4.78 is 32.2. The van der Waals surface area contributed by atoms with E-state index in [2.05, 4.69) is 10.0 Å². The van der Waals surface area contributed by atoms with E-state index in [0.717, 1.165) is 11.1 Å². The number of aryl methyl sites for hydroxylation is 1. The molecule has 2 rings (SSSR count). The lowest BCUT2D eigenvalue weighted by molar-refractivity contribution is -0.121. The Bertz CT molecular complexity index is 916. The molecule has 146 valence electrons. The number of amides is 1. The van der Waals surface area contributed by atoms with Crippen molar-refractivity contribution in [3.63, 3.8) is 0 Å². The molecule has 6 nitrogen and oxygen atoms in total. The highest BCUT2D eigenvalue weighted by molar-refractivity contribution is 7.89. The number of carbonyl (C=O) groups excluding carboxylic acids is 1. The Labute approximate surface area is 164 Å². The summed E-state index contributed by atoms with van der Waals surface area (Å²) in [6, 6.07) is 11.4. The minimum atomic E-state index is -3.71. The molecule has 0 radical (unpaired) electrons. The van der Waals surface area contributed by atoms with Gasteiger partial charge in [-0.3, -0.25) is 4.79 Å². The van der Waals surface area contributed by atoms with Crippen molar-refractivity contribution < 1.29 is 17.9 Å². The smallest absolute Gasteiger partial charge is 0.240 e. The fraction of sp³-hybridized carbons (Fsp3) is 0.316. The van der Waals surface area contributed by atoms with Crippen molar-refractivity contribution in [3.8, 4) is 5.75 Å². The number of benzene rings is 2. The molecule has 0 fully saturated rings. The van der Waals surface area contributed by atoms with Gasteiger partial charge in [0.1, 0.15) is 5.75 Å². The molecule has 2 aromatic carbocycles. The van der Waals surface area contributed by atoms with E-state index in [1.165, 1.54) is 12.1 Å². The Morgan fingerprint density at radius 3 is 2.63 bits per heavy atom. The van der Waals surface area contributed by atoms with Gasteiger partial charge in [-0.2, -0.15) is 0 Å². The zero-order valence-corrected chi connectivity index (χ0v) is 17.0. The standard InChI is InChI=1S/C19H23ClN2O4S/c1-13-7-8-18(26-3)17(11-13)14(2)22-19(23)9-10-21-27(24,25)16-6-4-5-15(20)12-16/h4-8,11-12,14,21H,9-10H2,1-3H3,(H,22,23). The molecule has 0 aromatic heterocycles. The zero-order valence-electron chi connectivity index (χ0n) is 15.5. The van der Waals surface area contributed by atoms with Crippen molar-refractivity contribution >= 4 is 27.5 Å². The number of halogens is 1. The molecule has 0 spiro atoms. The lowest BCUT2D eigenvalue weighted by Crippen LogP contribution is -2.32. The van der Waals surface area contributed by atoms with Crippen LogP contribution in [0.25, 0.3) is 0 Å². The molecule has 0 heterocycles. The van der Waals surface area contributed by atoms with Crippen LogP contribution in [-0.2, 0) is 14.8 Å². The highest BCUT2D eigenvalue weighted by Crippen LogP contribution is 2.26. The molecule has 1 amide bonds. The number of hydrogen-bond acceptors (Lipinski definition) is 4. The minimum absolute atomic E-state index is 0.0122. The Morgan fingerprint density at radius 1 is 1.22 bits per heavy atom. The lowest BCUT2D eigenvalue weighted by atomic mass is 10.0. The number of ether oxygens (including phenoxy) is 1. The number of sulfonamides is 1. The molecular formula is C19H23ClN2O4S. The maximum atomic E-state index is 12.2. The topological polar surface area (TPSA) is 84.5 Å². The molecule has 8 heteroatoms. The van der Waals surface area contributed by atoms with Crippen LogP contribution in [0.15, 0.2) is 47.4 Å². The Hall–Kier alpha value is -2.09. The predicted molar refractivity (Wildman–Crippen MR) is 106 cm³/mol. The van der Waals surface area contributed by atoms with Crippen LogP contribution in [0.2, 0.25) is 5.02 Å². The van der Waals surface area contributed by atoms with Gasteiger partial charge in [-0.05, 0) is 38.1 Å². The average molecular weight is 411 g/mol. The van der Waals surface area contributed by atoms with Crippen LogP contribution in [0.5, 0.6) is 5.75 Å². The molecule has 0 saturated carbocycles. The summed E-state index contributed by atoms with van der Waals surface area (Å²) in [6.07, 6.45) is 0.0122. The molecule has 0 aliphatic carbocycles. The number of rotatable bonds is 8. The van der Waals surface area contributed by atoms with Crippen molar-refractivity contribution in [1.29, 1.82) is 0 Å². The summed E-state index contributed by atoms with van der Waals surface area (Å²) in [4.78, 5) is 12.2. The molecule has 0 saturated heterocycles. The summed E-state index contributed by atoms with van der Waals surface area (Å²) >= 11 is 5.82. The van der Waals surface area contributed by atoms with Crippen molar-refractivity contribution in [2.24, 2.45) is 0 Å². The Morgan fingerprint density at radius 2 is 1.96 bits per heavy atom. The summed E-state index contributed by atoms with van der Waals surface area (Å²) in [5.41, 5.74) is 1.92. The zero-order chi connectivity index (χ0) is 20.0. The SMILES string of the molecule is COc1ccc(C)cc1C(C)NC(=O)CCNS(=O)(=O)c1cccc(Cl)c1. The van der Waals surface area contributed by atoms with Crippen molar-refractivity contribution in [3.05, 3.63) is 58.6 Å². The van der Waals surface area contributed by atoms with Gasteiger partial charge < -0.3 is 10.1 Å². The third-order valence-electron chi connectivity index (χ3n) is 3.98. The van der Waals surface area contributed by atoms with Gasteiger partial charge in [0.05, 0.1) is 18.0 Å². The van der Waals surface area contributed by atoms with Crippen molar-refractivity contribution in [1.82, 2.24) is 10.0 Å². The van der Waals surface area contributed by atoms with E-state index in [1.54, 1.807) is 19.2 Å². The van der Waals surface area contributed by atoms with E-state index in [4.69, 9.17) is 16.3 Å². The first-order valence-electron chi connectivity index (χ1n) is 8.42. The van der Waals surface area contributed by atoms with Crippen LogP contribution in [-0.4, -0.2) is 28.0 Å². The van der Waals surface area contributed by atoms with E-state index < -0.39 is 10.0 Å². The highest BCUT2D eigenvalue weighted by Gasteiger charge is 2.17. The van der Waals surface area contributed by atoms with Gasteiger partial charge in [0, 0.05) is 23.6 Å². The summed E-state index contributed by atoms with van der Waals surface area (Å²) in [6.45, 7) is 3.80. The normalized spacial score (nSPS) is 12.4. The summed E-state index contributed by atoms with van der Waals surface area (Å²) in [5.74, 6) is 0.426. The van der Waals surface area contributed by atoms with Crippen molar-refractivity contribution in [2.75, 3.05) is 13.7 Å². The molecular weight excluding hydrogens is 388 g/mol. The maximum absolute atomic E-state index is 12.2. The van der Waals surface area contributed by atoms with Gasteiger partial charge >= 0.3 is 0 Å². The molecule has 1 unspecified atom stereocenters. The molecule has 0 aliphatic heterocycles. The van der Waals surface area contributed by atoms with Crippen molar-refractivity contribution in [2.45, 2.75) is 31.2 Å². The van der Waals surface area contributed by atoms with Crippen LogP contribution < -0.4 is 14.8 Å². The lowest BCUT2D eigenvalue weighted by Gasteiger charge is -2.18.